The van der Waals surface area contributed by atoms with Gasteiger partial charge in [-0.15, -0.1) is 24.0 Å². The lowest BCUT2D eigenvalue weighted by Gasteiger charge is -2.34. The first-order chi connectivity index (χ1) is 15.1. The first-order valence-corrected chi connectivity index (χ1v) is 11.4. The van der Waals surface area contributed by atoms with Gasteiger partial charge in [0.15, 0.2) is 5.96 Å². The molecule has 2 atom stereocenters. The number of ether oxygens (including phenoxy) is 3. The SMILES string of the molecule is CCNC(=NCC(O)c1cc(OC)ccc1OC)NC1CCN(CC2CCOC2)CC1.I. The van der Waals surface area contributed by atoms with Crippen LogP contribution >= 0.6 is 24.0 Å². The predicted molar refractivity (Wildman–Crippen MR) is 137 cm³/mol. The van der Waals surface area contributed by atoms with Crippen molar-refractivity contribution >= 4 is 29.9 Å². The molecule has 2 aliphatic rings. The lowest BCUT2D eigenvalue weighted by atomic mass is 10.0. The number of likely N-dealkylation sites (tertiary alicyclic amines) is 1. The van der Waals surface area contributed by atoms with Crippen LogP contribution in [0.25, 0.3) is 0 Å². The van der Waals surface area contributed by atoms with E-state index in [-0.39, 0.29) is 30.5 Å². The molecule has 2 aliphatic heterocycles. The van der Waals surface area contributed by atoms with Crippen LogP contribution in [-0.2, 0) is 4.74 Å². The number of nitrogens with zero attached hydrogens (tertiary/aromatic N) is 2. The fourth-order valence-corrected chi connectivity index (χ4v) is 4.24. The Labute approximate surface area is 209 Å². The van der Waals surface area contributed by atoms with Crippen molar-refractivity contribution in [2.45, 2.75) is 38.3 Å². The van der Waals surface area contributed by atoms with Gasteiger partial charge in [0, 0.05) is 44.4 Å². The van der Waals surface area contributed by atoms with Gasteiger partial charge >= 0.3 is 0 Å². The maximum absolute atomic E-state index is 10.7. The van der Waals surface area contributed by atoms with Gasteiger partial charge in [-0.05, 0) is 50.3 Å². The monoisotopic (exact) mass is 562 g/mol. The number of aliphatic imine (C=N–C) groups is 1. The number of nitrogens with one attached hydrogen (secondary N) is 2. The predicted octanol–water partition coefficient (Wildman–Crippen LogP) is 2.41. The highest BCUT2D eigenvalue weighted by Gasteiger charge is 2.24. The average molecular weight is 562 g/mol. The Bertz CT molecular complexity index is 707. The van der Waals surface area contributed by atoms with Crippen LogP contribution in [0.1, 0.15) is 37.9 Å². The summed E-state index contributed by atoms with van der Waals surface area (Å²) in [6.07, 6.45) is 2.58. The number of hydrogen-bond acceptors (Lipinski definition) is 6. The van der Waals surface area contributed by atoms with Gasteiger partial charge in [0.05, 0.1) is 27.4 Å². The Morgan fingerprint density at radius 1 is 1.25 bits per heavy atom. The van der Waals surface area contributed by atoms with Crippen LogP contribution in [0.5, 0.6) is 11.5 Å². The van der Waals surface area contributed by atoms with E-state index >= 15 is 0 Å². The molecule has 182 valence electrons. The van der Waals surface area contributed by atoms with Crippen LogP contribution in [0.3, 0.4) is 0 Å². The Balaban J connectivity index is 0.00000363. The van der Waals surface area contributed by atoms with E-state index in [2.05, 4.69) is 20.5 Å². The lowest BCUT2D eigenvalue weighted by Crippen LogP contribution is -2.49. The molecule has 0 aromatic heterocycles. The molecule has 1 aromatic carbocycles. The fourth-order valence-electron chi connectivity index (χ4n) is 4.24. The Hall–Kier alpha value is -1.30. The summed E-state index contributed by atoms with van der Waals surface area (Å²) in [4.78, 5) is 7.19. The lowest BCUT2D eigenvalue weighted by molar-refractivity contribution is 0.150. The van der Waals surface area contributed by atoms with Crippen LogP contribution in [0.4, 0.5) is 0 Å². The summed E-state index contributed by atoms with van der Waals surface area (Å²) in [5.74, 6) is 2.74. The maximum atomic E-state index is 10.7. The van der Waals surface area contributed by atoms with Gasteiger partial charge in [-0.25, -0.2) is 0 Å². The van der Waals surface area contributed by atoms with Gasteiger partial charge in [-0.3, -0.25) is 4.99 Å². The highest BCUT2D eigenvalue weighted by atomic mass is 127. The third kappa shape index (κ3) is 7.93. The van der Waals surface area contributed by atoms with Crippen LogP contribution < -0.4 is 20.1 Å². The molecule has 2 heterocycles. The molecule has 32 heavy (non-hydrogen) atoms. The van der Waals surface area contributed by atoms with E-state index in [0.29, 0.717) is 29.0 Å². The van der Waals surface area contributed by atoms with Crippen molar-refractivity contribution in [2.75, 3.05) is 60.2 Å². The maximum Gasteiger partial charge on any atom is 0.191 e. The summed E-state index contributed by atoms with van der Waals surface area (Å²) >= 11 is 0. The second kappa shape index (κ2) is 14.1. The third-order valence-electron chi connectivity index (χ3n) is 6.03. The summed E-state index contributed by atoms with van der Waals surface area (Å²) in [6.45, 7) is 8.22. The molecule has 8 nitrogen and oxygen atoms in total. The smallest absolute Gasteiger partial charge is 0.191 e. The highest BCUT2D eigenvalue weighted by molar-refractivity contribution is 14.0. The second-order valence-electron chi connectivity index (χ2n) is 8.29. The summed E-state index contributed by atoms with van der Waals surface area (Å²) in [7, 11) is 3.20. The molecule has 0 amide bonds. The fraction of sp³-hybridized carbons (Fsp3) is 0.696. The number of hydrogen-bond donors (Lipinski definition) is 3. The topological polar surface area (TPSA) is 87.6 Å². The number of guanidine groups is 1. The third-order valence-corrected chi connectivity index (χ3v) is 6.03. The van der Waals surface area contributed by atoms with E-state index in [1.807, 2.05) is 13.0 Å². The van der Waals surface area contributed by atoms with E-state index in [1.165, 1.54) is 6.42 Å². The zero-order chi connectivity index (χ0) is 22.1. The van der Waals surface area contributed by atoms with Crippen molar-refractivity contribution in [3.63, 3.8) is 0 Å². The van der Waals surface area contributed by atoms with Crippen molar-refractivity contribution in [3.05, 3.63) is 23.8 Å². The standard InChI is InChI=1S/C23H38N4O4.HI/c1-4-24-23(25-14-21(28)20-13-19(29-2)5-6-22(20)30-3)26-18-7-10-27(11-8-18)15-17-9-12-31-16-17;/h5-6,13,17-18,21,28H,4,7-12,14-16H2,1-3H3,(H2,24,25,26);1H. The molecule has 2 saturated heterocycles. The number of piperidine rings is 1. The molecular weight excluding hydrogens is 523 g/mol. The average Bonchev–Trinajstić information content (AvgIpc) is 3.31. The number of halogens is 1. The molecule has 3 rings (SSSR count). The summed E-state index contributed by atoms with van der Waals surface area (Å²) in [6, 6.07) is 5.80. The number of aliphatic hydroxyl groups is 1. The molecule has 9 heteroatoms. The van der Waals surface area contributed by atoms with Gasteiger partial charge in [0.2, 0.25) is 0 Å². The molecule has 0 saturated carbocycles. The number of benzene rings is 1. The number of aliphatic hydroxyl groups excluding tert-OH is 1. The summed E-state index contributed by atoms with van der Waals surface area (Å²) in [5, 5.41) is 17.6. The van der Waals surface area contributed by atoms with Crippen molar-refractivity contribution < 1.29 is 19.3 Å². The van der Waals surface area contributed by atoms with Gasteiger partial charge in [-0.1, -0.05) is 0 Å². The Kier molecular flexibility index (Phi) is 11.8. The normalized spacial score (nSPS) is 21.0. The molecule has 0 bridgehead atoms. The molecule has 0 radical (unpaired) electrons. The molecule has 0 aliphatic carbocycles. The van der Waals surface area contributed by atoms with Crippen molar-refractivity contribution in [3.8, 4) is 11.5 Å². The summed E-state index contributed by atoms with van der Waals surface area (Å²) in [5.41, 5.74) is 0.672. The summed E-state index contributed by atoms with van der Waals surface area (Å²) < 4.78 is 16.2. The molecule has 0 spiro atoms. The number of rotatable bonds is 9. The molecule has 3 N–H and O–H groups in total. The first kappa shape index (κ1) is 26.9. The minimum atomic E-state index is -0.781. The zero-order valence-corrected chi connectivity index (χ0v) is 21.8. The molecule has 1 aromatic rings. The van der Waals surface area contributed by atoms with Crippen molar-refractivity contribution in [1.29, 1.82) is 0 Å². The van der Waals surface area contributed by atoms with Gasteiger partial charge < -0.3 is 34.9 Å². The van der Waals surface area contributed by atoms with E-state index in [4.69, 9.17) is 14.2 Å². The van der Waals surface area contributed by atoms with Crippen LogP contribution in [0, 0.1) is 5.92 Å². The quantitative estimate of drug-likeness (QED) is 0.242. The largest absolute Gasteiger partial charge is 0.497 e. The van der Waals surface area contributed by atoms with Gasteiger partial charge in [-0.2, -0.15) is 0 Å². The first-order valence-electron chi connectivity index (χ1n) is 11.4. The molecular formula is C23H39IN4O4. The molecule has 2 unspecified atom stereocenters. The van der Waals surface area contributed by atoms with Gasteiger partial charge in [0.25, 0.3) is 0 Å². The van der Waals surface area contributed by atoms with E-state index in [1.54, 1.807) is 26.4 Å². The highest BCUT2D eigenvalue weighted by Crippen LogP contribution is 2.29. The zero-order valence-electron chi connectivity index (χ0n) is 19.5. The number of methoxy groups -OCH3 is 2. The Morgan fingerprint density at radius 3 is 2.66 bits per heavy atom. The van der Waals surface area contributed by atoms with Crippen LogP contribution in [0.2, 0.25) is 0 Å². The van der Waals surface area contributed by atoms with Gasteiger partial charge in [0.1, 0.15) is 17.6 Å². The molecule has 2 fully saturated rings. The van der Waals surface area contributed by atoms with Crippen LogP contribution in [0.15, 0.2) is 23.2 Å². The van der Waals surface area contributed by atoms with E-state index < -0.39 is 6.10 Å². The minimum Gasteiger partial charge on any atom is -0.497 e. The van der Waals surface area contributed by atoms with Crippen molar-refractivity contribution in [2.24, 2.45) is 10.9 Å². The Morgan fingerprint density at radius 2 is 2.03 bits per heavy atom. The van der Waals surface area contributed by atoms with E-state index in [9.17, 15) is 5.11 Å². The minimum absolute atomic E-state index is 0. The second-order valence-corrected chi connectivity index (χ2v) is 8.29. The van der Waals surface area contributed by atoms with E-state index in [0.717, 1.165) is 58.2 Å². The van der Waals surface area contributed by atoms with Crippen LogP contribution in [-0.4, -0.2) is 82.2 Å². The van der Waals surface area contributed by atoms with Crippen molar-refractivity contribution in [1.82, 2.24) is 15.5 Å².